The molecule has 26 heavy (non-hydrogen) atoms. The van der Waals surface area contributed by atoms with Gasteiger partial charge >= 0.3 is 0 Å². The number of hydrogen-bond acceptors (Lipinski definition) is 2. The number of hydrogen-bond donors (Lipinski definition) is 1. The van der Waals surface area contributed by atoms with Crippen molar-refractivity contribution < 1.29 is 0 Å². The van der Waals surface area contributed by atoms with E-state index in [-0.39, 0.29) is 6.04 Å². The largest absolute Gasteiger partial charge is 0.326 e. The Kier molecular flexibility index (Phi) is 4.80. The third-order valence-corrected chi connectivity index (χ3v) is 4.78. The molecule has 0 aliphatic rings. The first kappa shape index (κ1) is 16.6. The Morgan fingerprint density at radius 1 is 0.769 bits per heavy atom. The maximum atomic E-state index is 6.58. The third kappa shape index (κ3) is 3.53. The Hall–Kier alpha value is -2.91. The zero-order valence-electron chi connectivity index (χ0n) is 14.8. The first-order valence-corrected chi connectivity index (χ1v) is 9.10. The number of nitrogens with two attached hydrogens (primary N) is 1. The summed E-state index contributed by atoms with van der Waals surface area (Å²) in [4.78, 5) is 4.86. The van der Waals surface area contributed by atoms with Gasteiger partial charge in [-0.25, -0.2) is 4.98 Å². The van der Waals surface area contributed by atoms with Crippen LogP contribution < -0.4 is 5.73 Å². The van der Waals surface area contributed by atoms with Crippen LogP contribution in [0.25, 0.3) is 11.0 Å². The highest BCUT2D eigenvalue weighted by Gasteiger charge is 2.17. The molecule has 0 bridgehead atoms. The highest BCUT2D eigenvalue weighted by molar-refractivity contribution is 5.76. The fraction of sp³-hybridized carbons (Fsp3) is 0.174. The summed E-state index contributed by atoms with van der Waals surface area (Å²) in [7, 11) is 0. The molecule has 0 aliphatic carbocycles. The lowest BCUT2D eigenvalue weighted by molar-refractivity contribution is 0.591. The Balaban J connectivity index is 1.64. The lowest BCUT2D eigenvalue weighted by Crippen LogP contribution is -2.19. The predicted molar refractivity (Wildman–Crippen MR) is 107 cm³/mol. The van der Waals surface area contributed by atoms with E-state index in [2.05, 4.69) is 77.4 Å². The van der Waals surface area contributed by atoms with Gasteiger partial charge in [-0.2, -0.15) is 0 Å². The van der Waals surface area contributed by atoms with E-state index in [4.69, 9.17) is 10.7 Å². The summed E-state index contributed by atoms with van der Waals surface area (Å²) in [5, 5.41) is 0. The Morgan fingerprint density at radius 3 is 2.12 bits per heavy atom. The molecule has 0 radical (unpaired) electrons. The smallest absolute Gasteiger partial charge is 0.127 e. The van der Waals surface area contributed by atoms with Crippen LogP contribution in [0.4, 0.5) is 0 Å². The number of aryl methyl sites for hydroxylation is 2. The maximum Gasteiger partial charge on any atom is 0.127 e. The van der Waals surface area contributed by atoms with Gasteiger partial charge in [-0.15, -0.1) is 0 Å². The number of benzene rings is 3. The topological polar surface area (TPSA) is 43.8 Å². The Labute approximate surface area is 154 Å². The molecular weight excluding hydrogens is 318 g/mol. The standard InChI is InChI=1S/C23H23N3/c24-20(17-19-11-5-2-6-12-19)23-25-21-13-7-8-14-22(21)26(23)16-15-18-9-3-1-4-10-18/h1-14,20H,15-17,24H2. The van der Waals surface area contributed by atoms with Gasteiger partial charge in [0.2, 0.25) is 0 Å². The van der Waals surface area contributed by atoms with E-state index in [1.807, 2.05) is 12.1 Å². The highest BCUT2D eigenvalue weighted by Crippen LogP contribution is 2.23. The molecule has 4 aromatic rings. The molecule has 1 unspecified atom stereocenters. The minimum Gasteiger partial charge on any atom is -0.326 e. The average Bonchev–Trinajstić information content (AvgIpc) is 3.07. The molecule has 130 valence electrons. The minimum atomic E-state index is -0.124. The lowest BCUT2D eigenvalue weighted by atomic mass is 10.1. The molecule has 0 amide bonds. The number of rotatable bonds is 6. The van der Waals surface area contributed by atoms with E-state index < -0.39 is 0 Å². The molecular formula is C23H23N3. The van der Waals surface area contributed by atoms with E-state index >= 15 is 0 Å². The number of para-hydroxylation sites is 2. The summed E-state index contributed by atoms with van der Waals surface area (Å²) in [6, 6.07) is 29.1. The molecule has 1 atom stereocenters. The molecule has 3 aromatic carbocycles. The third-order valence-electron chi connectivity index (χ3n) is 4.78. The number of fused-ring (bicyclic) bond motifs is 1. The molecule has 0 saturated heterocycles. The zero-order chi connectivity index (χ0) is 17.8. The van der Waals surface area contributed by atoms with E-state index in [1.165, 1.54) is 11.1 Å². The number of aromatic nitrogens is 2. The fourth-order valence-electron chi connectivity index (χ4n) is 3.46. The van der Waals surface area contributed by atoms with Gasteiger partial charge in [-0.05, 0) is 36.1 Å². The van der Waals surface area contributed by atoms with Gasteiger partial charge < -0.3 is 10.3 Å². The number of imidazole rings is 1. The summed E-state index contributed by atoms with van der Waals surface area (Å²) in [6.07, 6.45) is 1.75. The van der Waals surface area contributed by atoms with Crippen molar-refractivity contribution in [3.8, 4) is 0 Å². The van der Waals surface area contributed by atoms with Gasteiger partial charge in [-0.3, -0.25) is 0 Å². The Morgan fingerprint density at radius 2 is 1.38 bits per heavy atom. The molecule has 1 aromatic heterocycles. The molecule has 0 saturated carbocycles. The molecule has 3 nitrogen and oxygen atoms in total. The van der Waals surface area contributed by atoms with Crippen molar-refractivity contribution in [2.24, 2.45) is 5.73 Å². The molecule has 1 heterocycles. The van der Waals surface area contributed by atoms with Crippen LogP contribution >= 0.6 is 0 Å². The van der Waals surface area contributed by atoms with Gasteiger partial charge in [0.05, 0.1) is 17.1 Å². The zero-order valence-corrected chi connectivity index (χ0v) is 14.8. The monoisotopic (exact) mass is 341 g/mol. The summed E-state index contributed by atoms with van der Waals surface area (Å²) in [6.45, 7) is 0.877. The van der Waals surface area contributed by atoms with E-state index in [1.54, 1.807) is 0 Å². The summed E-state index contributed by atoms with van der Waals surface area (Å²) in [5.41, 5.74) is 11.3. The van der Waals surface area contributed by atoms with Crippen LogP contribution in [0.2, 0.25) is 0 Å². The van der Waals surface area contributed by atoms with Crippen LogP contribution in [-0.2, 0) is 19.4 Å². The molecule has 2 N–H and O–H groups in total. The van der Waals surface area contributed by atoms with Crippen LogP contribution in [0.15, 0.2) is 84.9 Å². The Bertz CT molecular complexity index is 974. The highest BCUT2D eigenvalue weighted by atomic mass is 15.1. The second-order valence-corrected chi connectivity index (χ2v) is 6.64. The van der Waals surface area contributed by atoms with Crippen molar-refractivity contribution in [2.45, 2.75) is 25.4 Å². The quantitative estimate of drug-likeness (QED) is 0.560. The van der Waals surface area contributed by atoms with E-state index in [9.17, 15) is 0 Å². The minimum absolute atomic E-state index is 0.124. The molecule has 3 heteroatoms. The second kappa shape index (κ2) is 7.54. The van der Waals surface area contributed by atoms with Crippen molar-refractivity contribution in [3.63, 3.8) is 0 Å². The van der Waals surface area contributed by atoms with Crippen molar-refractivity contribution in [1.82, 2.24) is 9.55 Å². The van der Waals surface area contributed by atoms with Gasteiger partial charge in [0.1, 0.15) is 5.82 Å². The second-order valence-electron chi connectivity index (χ2n) is 6.64. The van der Waals surface area contributed by atoms with Gasteiger partial charge in [-0.1, -0.05) is 72.8 Å². The first-order valence-electron chi connectivity index (χ1n) is 9.10. The lowest BCUT2D eigenvalue weighted by Gasteiger charge is -2.15. The maximum absolute atomic E-state index is 6.58. The summed E-state index contributed by atoms with van der Waals surface area (Å²) >= 11 is 0. The average molecular weight is 341 g/mol. The van der Waals surface area contributed by atoms with Crippen molar-refractivity contribution in [1.29, 1.82) is 0 Å². The summed E-state index contributed by atoms with van der Waals surface area (Å²) in [5.74, 6) is 0.964. The molecule has 0 spiro atoms. The van der Waals surface area contributed by atoms with Crippen molar-refractivity contribution in [2.75, 3.05) is 0 Å². The van der Waals surface area contributed by atoms with Crippen molar-refractivity contribution >= 4 is 11.0 Å². The van der Waals surface area contributed by atoms with Crippen LogP contribution in [0.5, 0.6) is 0 Å². The first-order chi connectivity index (χ1) is 12.8. The van der Waals surface area contributed by atoms with E-state index in [0.29, 0.717) is 0 Å². The summed E-state index contributed by atoms with van der Waals surface area (Å²) < 4.78 is 2.29. The van der Waals surface area contributed by atoms with Crippen molar-refractivity contribution in [3.05, 3.63) is 102 Å². The molecule has 0 aliphatic heterocycles. The van der Waals surface area contributed by atoms with E-state index in [0.717, 1.165) is 36.2 Å². The normalized spacial score (nSPS) is 12.3. The predicted octanol–water partition coefficient (Wildman–Crippen LogP) is 4.52. The van der Waals surface area contributed by atoms with Gasteiger partial charge in [0, 0.05) is 6.54 Å². The van der Waals surface area contributed by atoms with Gasteiger partial charge in [0.15, 0.2) is 0 Å². The molecule has 4 rings (SSSR count). The van der Waals surface area contributed by atoms with Crippen LogP contribution in [0, 0.1) is 0 Å². The number of nitrogens with zero attached hydrogens (tertiary/aromatic N) is 2. The van der Waals surface area contributed by atoms with Crippen LogP contribution in [0.1, 0.15) is 23.0 Å². The van der Waals surface area contributed by atoms with Crippen LogP contribution in [0.3, 0.4) is 0 Å². The van der Waals surface area contributed by atoms with Gasteiger partial charge in [0.25, 0.3) is 0 Å². The van der Waals surface area contributed by atoms with Crippen LogP contribution in [-0.4, -0.2) is 9.55 Å². The molecule has 0 fully saturated rings. The SMILES string of the molecule is NC(Cc1ccccc1)c1nc2ccccc2n1CCc1ccccc1. The fourth-order valence-corrected chi connectivity index (χ4v) is 3.46.